The summed E-state index contributed by atoms with van der Waals surface area (Å²) in [5.41, 5.74) is 2.59. The molecule has 1 saturated heterocycles. The van der Waals surface area contributed by atoms with Crippen LogP contribution in [0.4, 0.5) is 4.79 Å². The van der Waals surface area contributed by atoms with E-state index in [2.05, 4.69) is 10.8 Å². The van der Waals surface area contributed by atoms with E-state index >= 15 is 0 Å². The minimum atomic E-state index is -0.201. The highest BCUT2D eigenvalue weighted by Crippen LogP contribution is 2.62. The molecule has 0 N–H and O–H groups in total. The lowest BCUT2D eigenvalue weighted by Gasteiger charge is -2.32. The zero-order chi connectivity index (χ0) is 18.6. The zero-order valence-electron chi connectivity index (χ0n) is 16.0. The summed E-state index contributed by atoms with van der Waals surface area (Å²) in [6.45, 7) is 1.88. The molecule has 1 amide bonds. The minimum Gasteiger partial charge on any atom is -0.504 e. The molecule has 0 unspecified atom stereocenters. The molecular formula is C21H29N2O3+. The molecule has 2 aliphatic rings. The number of rotatable bonds is 5. The van der Waals surface area contributed by atoms with Crippen molar-refractivity contribution in [3.8, 4) is 0 Å². The van der Waals surface area contributed by atoms with Crippen LogP contribution in [-0.4, -0.2) is 56.1 Å². The van der Waals surface area contributed by atoms with Crippen LogP contribution in [0.5, 0.6) is 0 Å². The van der Waals surface area contributed by atoms with Crippen molar-refractivity contribution >= 4 is 12.3 Å². The molecule has 1 aliphatic heterocycles. The molecule has 1 saturated carbocycles. The Balaban J connectivity index is 1.51. The number of nitrogens with zero attached hydrogens (tertiary/aromatic N) is 2. The first-order chi connectivity index (χ1) is 12.5. The monoisotopic (exact) mass is 357 g/mol. The van der Waals surface area contributed by atoms with Crippen molar-refractivity contribution in [2.24, 2.45) is 11.3 Å². The van der Waals surface area contributed by atoms with Crippen LogP contribution in [-0.2, 0) is 16.1 Å². The summed E-state index contributed by atoms with van der Waals surface area (Å²) < 4.78 is 12.8. The van der Waals surface area contributed by atoms with Crippen LogP contribution in [0.1, 0.15) is 24.8 Å². The average Bonchev–Trinajstić information content (AvgIpc) is 3.34. The summed E-state index contributed by atoms with van der Waals surface area (Å²) in [4.78, 5) is 14.2. The Hall–Kier alpha value is -2.30. The van der Waals surface area contributed by atoms with Gasteiger partial charge in [0, 0.05) is 13.1 Å². The van der Waals surface area contributed by atoms with Gasteiger partial charge in [0.2, 0.25) is 0 Å². The van der Waals surface area contributed by atoms with Crippen molar-refractivity contribution < 1.29 is 18.8 Å². The minimum absolute atomic E-state index is 0.201. The van der Waals surface area contributed by atoms with Gasteiger partial charge in [-0.15, -0.1) is 0 Å². The highest BCUT2D eigenvalue weighted by atomic mass is 16.6. The Morgan fingerprint density at radius 2 is 1.96 bits per heavy atom. The lowest BCUT2D eigenvalue weighted by molar-refractivity contribution is -0.459. The van der Waals surface area contributed by atoms with Gasteiger partial charge in [-0.1, -0.05) is 30.3 Å². The first kappa shape index (κ1) is 18.5. The van der Waals surface area contributed by atoms with E-state index in [4.69, 9.17) is 9.47 Å². The van der Waals surface area contributed by atoms with Gasteiger partial charge in [-0.05, 0) is 36.2 Å². The van der Waals surface area contributed by atoms with E-state index in [1.54, 1.807) is 7.11 Å². The highest BCUT2D eigenvalue weighted by Gasteiger charge is 2.57. The number of piperidine rings is 1. The Labute approximate surface area is 155 Å². The molecule has 1 atom stereocenters. The molecule has 5 nitrogen and oxygen atoms in total. The number of methoxy groups -OCH3 is 1. The van der Waals surface area contributed by atoms with Crippen LogP contribution in [0, 0.1) is 11.3 Å². The van der Waals surface area contributed by atoms with Crippen LogP contribution in [0.2, 0.25) is 0 Å². The van der Waals surface area contributed by atoms with Gasteiger partial charge in [-0.25, -0.2) is 9.37 Å². The summed E-state index contributed by atoms with van der Waals surface area (Å²) >= 11 is 0. The van der Waals surface area contributed by atoms with Crippen LogP contribution in [0.25, 0.3) is 0 Å². The maximum atomic E-state index is 12.3. The Morgan fingerprint density at radius 3 is 2.58 bits per heavy atom. The molecule has 0 radical (unpaired) electrons. The van der Waals surface area contributed by atoms with Crippen LogP contribution < -0.4 is 0 Å². The Morgan fingerprint density at radius 1 is 1.27 bits per heavy atom. The van der Waals surface area contributed by atoms with E-state index in [1.807, 2.05) is 55.6 Å². The van der Waals surface area contributed by atoms with E-state index in [0.29, 0.717) is 17.9 Å². The molecule has 140 valence electrons. The van der Waals surface area contributed by atoms with Gasteiger partial charge in [0.25, 0.3) is 0 Å². The second-order valence-electron chi connectivity index (χ2n) is 7.59. The maximum Gasteiger partial charge on any atom is 0.410 e. The van der Waals surface area contributed by atoms with Gasteiger partial charge in [-0.2, -0.15) is 0 Å². The van der Waals surface area contributed by atoms with Crippen LogP contribution >= 0.6 is 0 Å². The van der Waals surface area contributed by atoms with Crippen molar-refractivity contribution in [3.63, 3.8) is 0 Å². The predicted molar refractivity (Wildman–Crippen MR) is 101 cm³/mol. The smallest absolute Gasteiger partial charge is 0.410 e. The number of amides is 1. The highest BCUT2D eigenvalue weighted by molar-refractivity contribution is 5.76. The molecule has 1 spiro atoms. The fourth-order valence-electron chi connectivity index (χ4n) is 3.95. The number of allylic oxidation sites excluding steroid dienone is 1. The second-order valence-corrected chi connectivity index (χ2v) is 7.59. The molecule has 0 aromatic heterocycles. The number of carbonyl (C=O) groups excluding carboxylic acids is 1. The lowest BCUT2D eigenvalue weighted by Crippen LogP contribution is -2.40. The molecule has 1 aromatic carbocycles. The molecule has 1 heterocycles. The lowest BCUT2D eigenvalue weighted by atomic mass is 9.89. The number of benzene rings is 1. The zero-order valence-corrected chi connectivity index (χ0v) is 16.0. The van der Waals surface area contributed by atoms with Crippen molar-refractivity contribution in [2.45, 2.75) is 25.9 Å². The predicted octanol–water partition coefficient (Wildman–Crippen LogP) is 3.30. The van der Waals surface area contributed by atoms with Crippen molar-refractivity contribution in [2.75, 3.05) is 34.3 Å². The SMILES string of the molecule is COC=C(C=[N+](C)C)[C@@H]1CC12CCN(C(=O)OCc1ccccc1)CC2. The standard InChI is InChI=1S/C21H29N2O3/c1-22(2)14-18(16-25-3)19-13-21(19)9-11-23(12-10-21)20(24)26-15-17-7-5-4-6-8-17/h4-8,14,16,19H,9-13,15H2,1-3H3/q+1/t19-/m0/s1. The topological polar surface area (TPSA) is 41.8 Å². The van der Waals surface area contributed by atoms with Gasteiger partial charge in [0.15, 0.2) is 6.21 Å². The molecule has 3 rings (SSSR count). The Kier molecular flexibility index (Phi) is 5.64. The van der Waals surface area contributed by atoms with Gasteiger partial charge in [-0.3, -0.25) is 0 Å². The van der Waals surface area contributed by atoms with Gasteiger partial charge < -0.3 is 14.4 Å². The quantitative estimate of drug-likeness (QED) is 0.461. The summed E-state index contributed by atoms with van der Waals surface area (Å²) in [7, 11) is 5.76. The normalized spacial score (nSPS) is 21.3. The van der Waals surface area contributed by atoms with Crippen LogP contribution in [0.15, 0.2) is 42.2 Å². The first-order valence-electron chi connectivity index (χ1n) is 9.24. The van der Waals surface area contributed by atoms with Gasteiger partial charge in [0.05, 0.1) is 18.9 Å². The molecule has 5 heteroatoms. The summed E-state index contributed by atoms with van der Waals surface area (Å²) in [5.74, 6) is 0.535. The number of carbonyl (C=O) groups is 1. The molecule has 26 heavy (non-hydrogen) atoms. The van der Waals surface area contributed by atoms with E-state index in [9.17, 15) is 4.79 Å². The number of hydrogen-bond acceptors (Lipinski definition) is 3. The molecular weight excluding hydrogens is 328 g/mol. The molecule has 0 bridgehead atoms. The van der Waals surface area contributed by atoms with E-state index < -0.39 is 0 Å². The van der Waals surface area contributed by atoms with Crippen molar-refractivity contribution in [3.05, 3.63) is 47.7 Å². The third-order valence-corrected chi connectivity index (χ3v) is 5.48. The van der Waals surface area contributed by atoms with E-state index in [-0.39, 0.29) is 6.09 Å². The van der Waals surface area contributed by atoms with Crippen LogP contribution in [0.3, 0.4) is 0 Å². The van der Waals surface area contributed by atoms with Gasteiger partial charge >= 0.3 is 6.09 Å². The largest absolute Gasteiger partial charge is 0.504 e. The third kappa shape index (κ3) is 4.26. The molecule has 1 aliphatic carbocycles. The van der Waals surface area contributed by atoms with Crippen molar-refractivity contribution in [1.82, 2.24) is 4.90 Å². The second kappa shape index (κ2) is 7.94. The van der Waals surface area contributed by atoms with E-state index in [0.717, 1.165) is 31.5 Å². The summed E-state index contributed by atoms with van der Waals surface area (Å²) in [6, 6.07) is 9.81. The maximum absolute atomic E-state index is 12.3. The molecule has 1 aromatic rings. The average molecular weight is 357 g/mol. The third-order valence-electron chi connectivity index (χ3n) is 5.48. The summed E-state index contributed by atoms with van der Waals surface area (Å²) in [5, 5.41) is 0. The molecule has 2 fully saturated rings. The summed E-state index contributed by atoms with van der Waals surface area (Å²) in [6.07, 6.45) is 7.04. The fourth-order valence-corrected chi connectivity index (χ4v) is 3.95. The van der Waals surface area contributed by atoms with Gasteiger partial charge in [0.1, 0.15) is 20.7 Å². The fraction of sp³-hybridized carbons (Fsp3) is 0.524. The number of hydrogen-bond donors (Lipinski definition) is 0. The first-order valence-corrected chi connectivity index (χ1v) is 9.24. The van der Waals surface area contributed by atoms with Crippen molar-refractivity contribution in [1.29, 1.82) is 0 Å². The number of likely N-dealkylation sites (tertiary alicyclic amines) is 1. The Bertz CT molecular complexity index is 684. The number of ether oxygens (including phenoxy) is 2. The van der Waals surface area contributed by atoms with E-state index in [1.165, 1.54) is 12.0 Å².